The van der Waals surface area contributed by atoms with Gasteiger partial charge in [0.2, 0.25) is 5.91 Å². The van der Waals surface area contributed by atoms with Gasteiger partial charge < -0.3 is 10.2 Å². The SMILES string of the molecule is CC1CNc2cccc(Br)c2N(C)C1=O. The Morgan fingerprint density at radius 1 is 1.53 bits per heavy atom. The van der Waals surface area contributed by atoms with E-state index in [0.29, 0.717) is 6.54 Å². The summed E-state index contributed by atoms with van der Waals surface area (Å²) in [7, 11) is 1.81. The molecule has 0 aromatic heterocycles. The number of benzene rings is 1. The summed E-state index contributed by atoms with van der Waals surface area (Å²) < 4.78 is 0.942. The number of nitrogens with zero attached hydrogens (tertiary/aromatic N) is 1. The zero-order valence-electron chi connectivity index (χ0n) is 8.75. The van der Waals surface area contributed by atoms with Gasteiger partial charge in [0, 0.05) is 18.1 Å². The minimum absolute atomic E-state index is 0.00861. The Morgan fingerprint density at radius 2 is 2.27 bits per heavy atom. The Labute approximate surface area is 97.6 Å². The molecule has 1 atom stereocenters. The van der Waals surface area contributed by atoms with Gasteiger partial charge in [-0.15, -0.1) is 0 Å². The molecule has 0 saturated carbocycles. The first-order valence-corrected chi connectivity index (χ1v) is 5.70. The number of hydrogen-bond acceptors (Lipinski definition) is 2. The zero-order chi connectivity index (χ0) is 11.0. The predicted molar refractivity (Wildman–Crippen MR) is 65.2 cm³/mol. The fourth-order valence-electron chi connectivity index (χ4n) is 1.79. The molecule has 1 unspecified atom stereocenters. The van der Waals surface area contributed by atoms with Gasteiger partial charge in [-0.2, -0.15) is 0 Å². The van der Waals surface area contributed by atoms with Crippen molar-refractivity contribution in [1.29, 1.82) is 0 Å². The van der Waals surface area contributed by atoms with Gasteiger partial charge in [0.05, 0.1) is 17.3 Å². The summed E-state index contributed by atoms with van der Waals surface area (Å²) in [5.74, 6) is 0.155. The van der Waals surface area contributed by atoms with E-state index in [9.17, 15) is 4.79 Å². The summed E-state index contributed by atoms with van der Waals surface area (Å²) in [4.78, 5) is 13.6. The van der Waals surface area contributed by atoms with Crippen LogP contribution in [0.3, 0.4) is 0 Å². The van der Waals surface area contributed by atoms with Gasteiger partial charge in [-0.25, -0.2) is 0 Å². The summed E-state index contributed by atoms with van der Waals surface area (Å²) in [6, 6.07) is 5.90. The third kappa shape index (κ3) is 1.74. The number of fused-ring (bicyclic) bond motifs is 1. The van der Waals surface area contributed by atoms with Crippen molar-refractivity contribution in [3.8, 4) is 0 Å². The van der Waals surface area contributed by atoms with Crippen molar-refractivity contribution in [1.82, 2.24) is 0 Å². The molecule has 1 heterocycles. The Hall–Kier alpha value is -1.03. The topological polar surface area (TPSA) is 32.3 Å². The van der Waals surface area contributed by atoms with Gasteiger partial charge in [-0.1, -0.05) is 13.0 Å². The molecule has 15 heavy (non-hydrogen) atoms. The number of halogens is 1. The van der Waals surface area contributed by atoms with Crippen LogP contribution in [0.4, 0.5) is 11.4 Å². The van der Waals surface area contributed by atoms with Crippen LogP contribution in [-0.2, 0) is 4.79 Å². The Kier molecular flexibility index (Phi) is 2.69. The van der Waals surface area contributed by atoms with Crippen molar-refractivity contribution in [2.24, 2.45) is 5.92 Å². The average molecular weight is 269 g/mol. The Morgan fingerprint density at radius 3 is 3.00 bits per heavy atom. The first-order valence-electron chi connectivity index (χ1n) is 4.91. The number of carbonyl (C=O) groups is 1. The van der Waals surface area contributed by atoms with E-state index in [-0.39, 0.29) is 11.8 Å². The van der Waals surface area contributed by atoms with Gasteiger partial charge >= 0.3 is 0 Å². The van der Waals surface area contributed by atoms with Crippen LogP contribution in [0.5, 0.6) is 0 Å². The van der Waals surface area contributed by atoms with Gasteiger partial charge in [-0.05, 0) is 28.1 Å². The third-order valence-electron chi connectivity index (χ3n) is 2.67. The molecule has 1 aromatic rings. The fourth-order valence-corrected chi connectivity index (χ4v) is 2.42. The Balaban J connectivity index is 2.53. The minimum Gasteiger partial charge on any atom is -0.383 e. The van der Waals surface area contributed by atoms with Crippen molar-refractivity contribution in [2.45, 2.75) is 6.92 Å². The van der Waals surface area contributed by atoms with E-state index in [2.05, 4.69) is 21.2 Å². The first kappa shape index (κ1) is 10.5. The van der Waals surface area contributed by atoms with E-state index in [0.717, 1.165) is 15.8 Å². The second-order valence-electron chi connectivity index (χ2n) is 3.82. The summed E-state index contributed by atoms with van der Waals surface area (Å²) in [5, 5.41) is 3.28. The molecule has 0 aliphatic carbocycles. The van der Waals surface area contributed by atoms with Crippen LogP contribution < -0.4 is 10.2 Å². The molecule has 1 N–H and O–H groups in total. The molecule has 1 aromatic carbocycles. The highest BCUT2D eigenvalue weighted by Gasteiger charge is 2.25. The number of rotatable bonds is 0. The van der Waals surface area contributed by atoms with Gasteiger partial charge in [0.15, 0.2) is 0 Å². The molecule has 3 nitrogen and oxygen atoms in total. The molecule has 4 heteroatoms. The maximum Gasteiger partial charge on any atom is 0.231 e. The highest BCUT2D eigenvalue weighted by atomic mass is 79.9. The molecule has 0 bridgehead atoms. The molecule has 2 rings (SSSR count). The van der Waals surface area contributed by atoms with Crippen LogP contribution in [0.25, 0.3) is 0 Å². The monoisotopic (exact) mass is 268 g/mol. The van der Waals surface area contributed by atoms with E-state index < -0.39 is 0 Å². The van der Waals surface area contributed by atoms with E-state index in [4.69, 9.17) is 0 Å². The van der Waals surface area contributed by atoms with Crippen molar-refractivity contribution < 1.29 is 4.79 Å². The van der Waals surface area contributed by atoms with Crippen LogP contribution in [0.2, 0.25) is 0 Å². The lowest BCUT2D eigenvalue weighted by atomic mass is 10.1. The molecule has 0 saturated heterocycles. The molecule has 0 spiro atoms. The number of anilines is 2. The van der Waals surface area contributed by atoms with Crippen LogP contribution in [-0.4, -0.2) is 19.5 Å². The molecule has 1 aliphatic heterocycles. The molecular formula is C11H13BrN2O. The average Bonchev–Trinajstić information content (AvgIpc) is 2.32. The highest BCUT2D eigenvalue weighted by molar-refractivity contribution is 9.10. The lowest BCUT2D eigenvalue weighted by molar-refractivity contribution is -0.121. The number of amides is 1. The number of carbonyl (C=O) groups excluding carboxylic acids is 1. The smallest absolute Gasteiger partial charge is 0.231 e. The fraction of sp³-hybridized carbons (Fsp3) is 0.364. The first-order chi connectivity index (χ1) is 7.11. The zero-order valence-corrected chi connectivity index (χ0v) is 10.3. The Bertz CT molecular complexity index is 406. The standard InChI is InChI=1S/C11H13BrN2O/c1-7-6-13-9-5-3-4-8(12)10(9)14(2)11(7)15/h3-5,7,13H,6H2,1-2H3. The summed E-state index contributed by atoms with van der Waals surface area (Å²) in [6.45, 7) is 2.62. The number of hydrogen-bond donors (Lipinski definition) is 1. The van der Waals surface area contributed by atoms with Crippen LogP contribution >= 0.6 is 15.9 Å². The normalized spacial score (nSPS) is 20.6. The highest BCUT2D eigenvalue weighted by Crippen LogP contribution is 2.35. The van der Waals surface area contributed by atoms with Crippen molar-refractivity contribution in [3.05, 3.63) is 22.7 Å². The molecular weight excluding hydrogens is 256 g/mol. The van der Waals surface area contributed by atoms with Crippen LogP contribution in [0, 0.1) is 5.92 Å². The second-order valence-corrected chi connectivity index (χ2v) is 4.67. The summed E-state index contributed by atoms with van der Waals surface area (Å²) >= 11 is 3.47. The largest absolute Gasteiger partial charge is 0.383 e. The van der Waals surface area contributed by atoms with E-state index >= 15 is 0 Å². The van der Waals surface area contributed by atoms with Gasteiger partial charge in [-0.3, -0.25) is 4.79 Å². The predicted octanol–water partition coefficient (Wildman–Crippen LogP) is 2.47. The van der Waals surface area contributed by atoms with Crippen molar-refractivity contribution in [2.75, 3.05) is 23.8 Å². The number of para-hydroxylation sites is 1. The summed E-state index contributed by atoms with van der Waals surface area (Å²) in [5.41, 5.74) is 1.93. The molecule has 1 amide bonds. The van der Waals surface area contributed by atoms with E-state index in [1.54, 1.807) is 4.90 Å². The molecule has 0 fully saturated rings. The lowest BCUT2D eigenvalue weighted by Gasteiger charge is -2.19. The second kappa shape index (κ2) is 3.85. The minimum atomic E-state index is 0.00861. The lowest BCUT2D eigenvalue weighted by Crippen LogP contribution is -2.32. The molecule has 1 aliphatic rings. The van der Waals surface area contributed by atoms with Gasteiger partial charge in [0.25, 0.3) is 0 Å². The molecule has 0 radical (unpaired) electrons. The quantitative estimate of drug-likeness (QED) is 0.784. The van der Waals surface area contributed by atoms with Crippen molar-refractivity contribution >= 4 is 33.2 Å². The van der Waals surface area contributed by atoms with E-state index in [1.807, 2.05) is 32.2 Å². The number of nitrogens with one attached hydrogen (secondary N) is 1. The molecule has 80 valence electrons. The van der Waals surface area contributed by atoms with Crippen LogP contribution in [0.15, 0.2) is 22.7 Å². The van der Waals surface area contributed by atoms with E-state index in [1.165, 1.54) is 0 Å². The maximum atomic E-state index is 11.9. The maximum absolute atomic E-state index is 11.9. The van der Waals surface area contributed by atoms with Crippen LogP contribution in [0.1, 0.15) is 6.92 Å². The third-order valence-corrected chi connectivity index (χ3v) is 3.31. The van der Waals surface area contributed by atoms with Gasteiger partial charge in [0.1, 0.15) is 0 Å². The van der Waals surface area contributed by atoms with Crippen molar-refractivity contribution in [3.63, 3.8) is 0 Å². The summed E-state index contributed by atoms with van der Waals surface area (Å²) in [6.07, 6.45) is 0.